The van der Waals surface area contributed by atoms with Crippen LogP contribution in [-0.2, 0) is 0 Å². The Hall–Kier alpha value is -4.46. The number of nitro groups is 1. The summed E-state index contributed by atoms with van der Waals surface area (Å²) in [5.41, 5.74) is 9.23. The van der Waals surface area contributed by atoms with Gasteiger partial charge in [-0.1, -0.05) is 23.4 Å². The molecule has 3 heterocycles. The zero-order chi connectivity index (χ0) is 22.0. The maximum atomic E-state index is 12.8. The van der Waals surface area contributed by atoms with Gasteiger partial charge in [-0.05, 0) is 28.7 Å². The summed E-state index contributed by atoms with van der Waals surface area (Å²) in [6.07, 6.45) is 0. The Bertz CT molecular complexity index is 1290. The molecule has 1 amide bonds. The number of hydrogen-bond donors (Lipinski definition) is 2. The van der Waals surface area contributed by atoms with E-state index in [0.717, 1.165) is 0 Å². The Morgan fingerprint density at radius 1 is 1.32 bits per heavy atom. The SMILES string of the molecule is CC(=NNC(=O)c1nnn(-c2nonc2N)c1-c1cccs1)c1cccc([N+](=O)[O-])c1. The van der Waals surface area contributed by atoms with Gasteiger partial charge in [0.2, 0.25) is 11.6 Å². The van der Waals surface area contributed by atoms with Crippen LogP contribution in [0.5, 0.6) is 0 Å². The van der Waals surface area contributed by atoms with Crippen molar-refractivity contribution in [1.82, 2.24) is 30.7 Å². The fraction of sp³-hybridized carbons (Fsp3) is 0.0588. The normalized spacial score (nSPS) is 11.5. The molecule has 0 aliphatic rings. The molecule has 0 aliphatic carbocycles. The van der Waals surface area contributed by atoms with Crippen LogP contribution in [0.25, 0.3) is 16.4 Å². The Balaban J connectivity index is 1.66. The number of benzene rings is 1. The number of non-ortho nitro benzene ring substituents is 1. The first-order valence-corrected chi connectivity index (χ1v) is 9.51. The van der Waals surface area contributed by atoms with Gasteiger partial charge >= 0.3 is 0 Å². The molecule has 31 heavy (non-hydrogen) atoms. The lowest BCUT2D eigenvalue weighted by Gasteiger charge is -2.04. The van der Waals surface area contributed by atoms with Crippen LogP contribution < -0.4 is 11.2 Å². The molecular weight excluding hydrogens is 426 g/mol. The van der Waals surface area contributed by atoms with E-state index in [-0.39, 0.29) is 23.0 Å². The van der Waals surface area contributed by atoms with Crippen LogP contribution in [0.3, 0.4) is 0 Å². The van der Waals surface area contributed by atoms with Crippen LogP contribution >= 0.6 is 11.3 Å². The number of carbonyl (C=O) groups excluding carboxylic acids is 1. The van der Waals surface area contributed by atoms with Crippen molar-refractivity contribution < 1.29 is 14.3 Å². The van der Waals surface area contributed by atoms with Gasteiger partial charge in [-0.15, -0.1) is 16.4 Å². The van der Waals surface area contributed by atoms with E-state index >= 15 is 0 Å². The number of hydrazone groups is 1. The van der Waals surface area contributed by atoms with Gasteiger partial charge in [0.25, 0.3) is 11.6 Å². The minimum atomic E-state index is -0.644. The summed E-state index contributed by atoms with van der Waals surface area (Å²) in [5, 5.41) is 31.9. The number of aromatic nitrogens is 5. The van der Waals surface area contributed by atoms with E-state index in [1.165, 1.54) is 34.2 Å². The topological polar surface area (TPSA) is 180 Å². The lowest BCUT2D eigenvalue weighted by molar-refractivity contribution is -0.384. The summed E-state index contributed by atoms with van der Waals surface area (Å²) in [5.74, 6) is -0.574. The Labute approximate surface area is 177 Å². The summed E-state index contributed by atoms with van der Waals surface area (Å²) in [6.45, 7) is 1.61. The largest absolute Gasteiger partial charge is 0.378 e. The molecule has 3 N–H and O–H groups in total. The molecule has 0 aliphatic heterocycles. The molecule has 13 nitrogen and oxygen atoms in total. The molecule has 0 radical (unpaired) electrons. The molecule has 0 saturated heterocycles. The molecule has 14 heteroatoms. The van der Waals surface area contributed by atoms with Crippen molar-refractivity contribution in [3.05, 3.63) is 63.1 Å². The van der Waals surface area contributed by atoms with Crippen LogP contribution in [0.4, 0.5) is 11.5 Å². The second-order valence-corrected chi connectivity index (χ2v) is 7.04. The predicted octanol–water partition coefficient (Wildman–Crippen LogP) is 2.02. The zero-order valence-electron chi connectivity index (χ0n) is 15.8. The van der Waals surface area contributed by atoms with Gasteiger partial charge < -0.3 is 5.73 Å². The highest BCUT2D eigenvalue weighted by Gasteiger charge is 2.25. The number of thiophene rings is 1. The zero-order valence-corrected chi connectivity index (χ0v) is 16.6. The number of nitro benzene ring substituents is 1. The highest BCUT2D eigenvalue weighted by Crippen LogP contribution is 2.29. The molecule has 0 atom stereocenters. The molecule has 1 aromatic carbocycles. The van der Waals surface area contributed by atoms with Crippen LogP contribution in [0.1, 0.15) is 23.0 Å². The quantitative estimate of drug-likeness (QED) is 0.258. The molecule has 156 valence electrons. The van der Waals surface area contributed by atoms with Crippen molar-refractivity contribution >= 4 is 34.5 Å². The number of nitrogens with one attached hydrogen (secondary N) is 1. The number of amides is 1. The third kappa shape index (κ3) is 3.86. The first kappa shape index (κ1) is 19.8. The smallest absolute Gasteiger partial charge is 0.294 e. The standard InChI is InChI=1S/C17H13N9O4S/c1-9(10-4-2-5-11(8-10)26(28)29)19-21-17(27)13-14(12-6-3-7-31-12)25(24-20-13)16-15(18)22-30-23-16/h2-8H,1H3,(H2,18,22)(H,21,27). The number of anilines is 1. The second-order valence-electron chi connectivity index (χ2n) is 6.09. The highest BCUT2D eigenvalue weighted by molar-refractivity contribution is 7.13. The van der Waals surface area contributed by atoms with Crippen molar-refractivity contribution in [3.63, 3.8) is 0 Å². The van der Waals surface area contributed by atoms with Crippen LogP contribution in [-0.4, -0.2) is 41.8 Å². The average Bonchev–Trinajstić information content (AvgIpc) is 3.51. The number of nitrogen functional groups attached to an aromatic ring is 1. The Morgan fingerprint density at radius 3 is 2.84 bits per heavy atom. The molecule has 0 unspecified atom stereocenters. The van der Waals surface area contributed by atoms with Crippen molar-refractivity contribution in [2.75, 3.05) is 5.73 Å². The van der Waals surface area contributed by atoms with E-state index in [4.69, 9.17) is 5.73 Å². The molecular formula is C17H13N9O4S. The fourth-order valence-electron chi connectivity index (χ4n) is 2.65. The van der Waals surface area contributed by atoms with Gasteiger partial charge in [0.1, 0.15) is 5.69 Å². The summed E-state index contributed by atoms with van der Waals surface area (Å²) in [6, 6.07) is 9.48. The summed E-state index contributed by atoms with van der Waals surface area (Å²) < 4.78 is 5.87. The third-order valence-electron chi connectivity index (χ3n) is 4.14. The van der Waals surface area contributed by atoms with E-state index in [0.29, 0.717) is 21.8 Å². The van der Waals surface area contributed by atoms with E-state index in [1.807, 2.05) is 5.38 Å². The van der Waals surface area contributed by atoms with Crippen molar-refractivity contribution in [2.45, 2.75) is 6.92 Å². The minimum Gasteiger partial charge on any atom is -0.378 e. The van der Waals surface area contributed by atoms with Crippen molar-refractivity contribution in [1.29, 1.82) is 0 Å². The summed E-state index contributed by atoms with van der Waals surface area (Å²) >= 11 is 1.35. The van der Waals surface area contributed by atoms with Gasteiger partial charge in [-0.3, -0.25) is 14.9 Å². The Morgan fingerprint density at radius 2 is 2.16 bits per heavy atom. The van der Waals surface area contributed by atoms with E-state index in [2.05, 4.69) is 35.8 Å². The minimum absolute atomic E-state index is 0.0193. The second kappa shape index (κ2) is 8.11. The lowest BCUT2D eigenvalue weighted by Crippen LogP contribution is -2.20. The highest BCUT2D eigenvalue weighted by atomic mass is 32.1. The number of nitrogens with two attached hydrogens (primary N) is 1. The molecule has 0 saturated carbocycles. The fourth-order valence-corrected chi connectivity index (χ4v) is 3.41. The van der Waals surface area contributed by atoms with Gasteiger partial charge in [0, 0.05) is 17.7 Å². The van der Waals surface area contributed by atoms with Crippen LogP contribution in [0, 0.1) is 10.1 Å². The lowest BCUT2D eigenvalue weighted by atomic mass is 10.1. The van der Waals surface area contributed by atoms with Crippen LogP contribution in [0.15, 0.2) is 51.5 Å². The van der Waals surface area contributed by atoms with E-state index in [1.54, 1.807) is 25.1 Å². The average molecular weight is 439 g/mol. The van der Waals surface area contributed by atoms with Crippen molar-refractivity contribution in [3.8, 4) is 16.4 Å². The summed E-state index contributed by atoms with van der Waals surface area (Å²) in [4.78, 5) is 23.9. The Kier molecular flexibility index (Phi) is 5.19. The first-order chi connectivity index (χ1) is 15.0. The maximum absolute atomic E-state index is 12.8. The molecule has 0 fully saturated rings. The molecule has 0 spiro atoms. The molecule has 3 aromatic heterocycles. The van der Waals surface area contributed by atoms with Gasteiger partial charge in [-0.2, -0.15) is 9.78 Å². The van der Waals surface area contributed by atoms with Crippen molar-refractivity contribution in [2.24, 2.45) is 5.10 Å². The monoisotopic (exact) mass is 439 g/mol. The van der Waals surface area contributed by atoms with Gasteiger partial charge in [-0.25, -0.2) is 10.1 Å². The van der Waals surface area contributed by atoms with Gasteiger partial charge in [0.15, 0.2) is 5.69 Å². The third-order valence-corrected chi connectivity index (χ3v) is 5.01. The molecule has 4 aromatic rings. The number of carbonyl (C=O) groups is 1. The predicted molar refractivity (Wildman–Crippen MR) is 110 cm³/mol. The summed E-state index contributed by atoms with van der Waals surface area (Å²) in [7, 11) is 0. The number of rotatable bonds is 6. The van der Waals surface area contributed by atoms with Gasteiger partial charge in [0.05, 0.1) is 15.5 Å². The van der Waals surface area contributed by atoms with Crippen LogP contribution in [0.2, 0.25) is 0 Å². The van der Waals surface area contributed by atoms with E-state index in [9.17, 15) is 14.9 Å². The molecule has 0 bridgehead atoms. The first-order valence-electron chi connectivity index (χ1n) is 8.63. The number of hydrogen-bond acceptors (Lipinski definition) is 11. The number of nitrogens with zero attached hydrogens (tertiary/aromatic N) is 7. The maximum Gasteiger partial charge on any atom is 0.294 e. The molecule has 4 rings (SSSR count). The van der Waals surface area contributed by atoms with E-state index < -0.39 is 10.8 Å².